The molecule has 3 rings (SSSR count). The van der Waals surface area contributed by atoms with E-state index in [4.69, 9.17) is 0 Å². The molecule has 1 aliphatic rings. The summed E-state index contributed by atoms with van der Waals surface area (Å²) in [5, 5.41) is 0. The maximum atomic E-state index is 12.7. The standard InChI is InChI=1S/C24H31N3O5S/c1-19(28)26-13-15-27(16-14-26)23(21-6-4-3-5-7-21)12-17-33(30,31)25-18-20-8-10-22(11-9-20)24(29)32-2/h3-11,23,25H,12-18H2,1-2H3. The van der Waals surface area contributed by atoms with Gasteiger partial charge in [0, 0.05) is 45.7 Å². The van der Waals surface area contributed by atoms with Gasteiger partial charge >= 0.3 is 5.97 Å². The van der Waals surface area contributed by atoms with Crippen molar-refractivity contribution in [3.05, 3.63) is 71.3 Å². The smallest absolute Gasteiger partial charge is 0.337 e. The molecule has 0 radical (unpaired) electrons. The highest BCUT2D eigenvalue weighted by atomic mass is 32.2. The number of hydrogen-bond acceptors (Lipinski definition) is 6. The maximum Gasteiger partial charge on any atom is 0.337 e. The number of benzene rings is 2. The zero-order valence-electron chi connectivity index (χ0n) is 19.1. The second kappa shape index (κ2) is 11.4. The SMILES string of the molecule is COC(=O)c1ccc(CNS(=O)(=O)CCC(c2ccccc2)N2CCN(C(C)=O)CC2)cc1. The van der Waals surface area contributed by atoms with Crippen molar-refractivity contribution in [2.75, 3.05) is 39.0 Å². The number of carbonyl (C=O) groups is 2. The first kappa shape index (κ1) is 24.9. The lowest BCUT2D eigenvalue weighted by Crippen LogP contribution is -2.49. The highest BCUT2D eigenvalue weighted by molar-refractivity contribution is 7.89. The van der Waals surface area contributed by atoms with Crippen molar-refractivity contribution in [2.45, 2.75) is 25.9 Å². The van der Waals surface area contributed by atoms with Crippen molar-refractivity contribution in [3.63, 3.8) is 0 Å². The third-order valence-electron chi connectivity index (χ3n) is 5.92. The minimum absolute atomic E-state index is 0.0142. The van der Waals surface area contributed by atoms with Crippen LogP contribution in [0.25, 0.3) is 0 Å². The molecule has 1 amide bonds. The third-order valence-corrected chi connectivity index (χ3v) is 7.27. The fourth-order valence-electron chi connectivity index (χ4n) is 3.99. The summed E-state index contributed by atoms with van der Waals surface area (Å²) >= 11 is 0. The summed E-state index contributed by atoms with van der Waals surface area (Å²) in [7, 11) is -2.19. The van der Waals surface area contributed by atoms with E-state index in [1.807, 2.05) is 35.2 Å². The van der Waals surface area contributed by atoms with E-state index in [0.29, 0.717) is 38.2 Å². The van der Waals surface area contributed by atoms with Crippen LogP contribution in [0.2, 0.25) is 0 Å². The van der Waals surface area contributed by atoms with E-state index >= 15 is 0 Å². The minimum atomic E-state index is -3.51. The summed E-state index contributed by atoms with van der Waals surface area (Å²) in [6.07, 6.45) is 0.445. The van der Waals surface area contributed by atoms with Gasteiger partial charge in [0.25, 0.3) is 0 Å². The van der Waals surface area contributed by atoms with Crippen molar-refractivity contribution < 1.29 is 22.7 Å². The van der Waals surface area contributed by atoms with E-state index in [-0.39, 0.29) is 24.2 Å². The molecule has 1 unspecified atom stereocenters. The van der Waals surface area contributed by atoms with Crippen molar-refractivity contribution in [1.82, 2.24) is 14.5 Å². The Hall–Kier alpha value is -2.75. The molecule has 1 saturated heterocycles. The zero-order valence-corrected chi connectivity index (χ0v) is 19.9. The van der Waals surface area contributed by atoms with Gasteiger partial charge in [0.05, 0.1) is 18.4 Å². The van der Waals surface area contributed by atoms with Gasteiger partial charge in [-0.1, -0.05) is 42.5 Å². The third kappa shape index (κ3) is 7.12. The molecule has 33 heavy (non-hydrogen) atoms. The molecular formula is C24H31N3O5S. The first-order valence-electron chi connectivity index (χ1n) is 11.0. The Bertz CT molecular complexity index is 1030. The Labute approximate surface area is 195 Å². The van der Waals surface area contributed by atoms with Crippen LogP contribution in [-0.4, -0.2) is 69.1 Å². The number of piperazine rings is 1. The Kier molecular flexibility index (Phi) is 8.60. The largest absolute Gasteiger partial charge is 0.465 e. The van der Waals surface area contributed by atoms with Gasteiger partial charge in [-0.05, 0) is 29.7 Å². The number of carbonyl (C=O) groups excluding carboxylic acids is 2. The second-order valence-electron chi connectivity index (χ2n) is 8.09. The Morgan fingerprint density at radius 3 is 2.21 bits per heavy atom. The van der Waals surface area contributed by atoms with Crippen LogP contribution in [0.1, 0.15) is 40.9 Å². The molecule has 1 aliphatic heterocycles. The lowest BCUT2D eigenvalue weighted by Gasteiger charge is -2.39. The predicted octanol–water partition coefficient (Wildman–Crippen LogP) is 2.19. The summed E-state index contributed by atoms with van der Waals surface area (Å²) in [6.45, 7) is 4.43. The topological polar surface area (TPSA) is 96.0 Å². The summed E-state index contributed by atoms with van der Waals surface area (Å²) in [4.78, 5) is 27.3. The van der Waals surface area contributed by atoms with Crippen molar-refractivity contribution in [1.29, 1.82) is 0 Å². The first-order chi connectivity index (χ1) is 15.8. The zero-order chi connectivity index (χ0) is 23.8. The highest BCUT2D eigenvalue weighted by Gasteiger charge is 2.27. The molecule has 1 atom stereocenters. The van der Waals surface area contributed by atoms with E-state index in [1.54, 1.807) is 31.2 Å². The first-order valence-corrected chi connectivity index (χ1v) is 12.6. The summed E-state index contributed by atoms with van der Waals surface area (Å²) < 4.78 is 32.8. The average molecular weight is 474 g/mol. The number of ether oxygens (including phenoxy) is 1. The predicted molar refractivity (Wildman–Crippen MR) is 126 cm³/mol. The molecule has 1 fully saturated rings. The molecule has 0 aromatic heterocycles. The molecular weight excluding hydrogens is 442 g/mol. The number of hydrogen-bond donors (Lipinski definition) is 1. The lowest BCUT2D eigenvalue weighted by molar-refractivity contribution is -0.130. The molecule has 8 nitrogen and oxygen atoms in total. The summed E-state index contributed by atoms with van der Waals surface area (Å²) in [6, 6.07) is 16.5. The molecule has 1 N–H and O–H groups in total. The molecule has 1 heterocycles. The van der Waals surface area contributed by atoms with Gasteiger partial charge in [-0.2, -0.15) is 0 Å². The number of amides is 1. The molecule has 2 aromatic rings. The van der Waals surface area contributed by atoms with Gasteiger partial charge in [-0.25, -0.2) is 17.9 Å². The van der Waals surface area contributed by atoms with Crippen LogP contribution in [0, 0.1) is 0 Å². The Morgan fingerprint density at radius 1 is 1.00 bits per heavy atom. The van der Waals surface area contributed by atoms with Gasteiger partial charge in [0.1, 0.15) is 0 Å². The van der Waals surface area contributed by atoms with Crippen LogP contribution in [0.5, 0.6) is 0 Å². The van der Waals surface area contributed by atoms with Crippen LogP contribution in [0.3, 0.4) is 0 Å². The van der Waals surface area contributed by atoms with Crippen molar-refractivity contribution >= 4 is 21.9 Å². The lowest BCUT2D eigenvalue weighted by atomic mass is 10.0. The highest BCUT2D eigenvalue weighted by Crippen LogP contribution is 2.26. The van der Waals surface area contributed by atoms with E-state index in [0.717, 1.165) is 11.1 Å². The fourth-order valence-corrected chi connectivity index (χ4v) is 5.06. The van der Waals surface area contributed by atoms with E-state index < -0.39 is 16.0 Å². The van der Waals surface area contributed by atoms with Gasteiger partial charge in [-0.3, -0.25) is 9.69 Å². The van der Waals surface area contributed by atoms with Gasteiger partial charge in [-0.15, -0.1) is 0 Å². The molecule has 0 saturated carbocycles. The van der Waals surface area contributed by atoms with Gasteiger partial charge < -0.3 is 9.64 Å². The summed E-state index contributed by atoms with van der Waals surface area (Å²) in [5.41, 5.74) is 2.24. The van der Waals surface area contributed by atoms with Crippen LogP contribution < -0.4 is 4.72 Å². The molecule has 0 spiro atoms. The fraction of sp³-hybridized carbons (Fsp3) is 0.417. The van der Waals surface area contributed by atoms with Crippen molar-refractivity contribution in [3.8, 4) is 0 Å². The van der Waals surface area contributed by atoms with Crippen LogP contribution in [0.4, 0.5) is 0 Å². The number of nitrogens with zero attached hydrogens (tertiary/aromatic N) is 2. The summed E-state index contributed by atoms with van der Waals surface area (Å²) in [5.74, 6) is -0.379. The van der Waals surface area contributed by atoms with Crippen LogP contribution in [0.15, 0.2) is 54.6 Å². The quantitative estimate of drug-likeness (QED) is 0.561. The number of sulfonamides is 1. The number of methoxy groups -OCH3 is 1. The minimum Gasteiger partial charge on any atom is -0.465 e. The van der Waals surface area contributed by atoms with E-state index in [1.165, 1.54) is 7.11 Å². The average Bonchev–Trinajstić information content (AvgIpc) is 2.83. The maximum absolute atomic E-state index is 12.7. The normalized spacial score (nSPS) is 15.8. The molecule has 178 valence electrons. The van der Waals surface area contributed by atoms with E-state index in [2.05, 4.69) is 14.4 Å². The van der Waals surface area contributed by atoms with Gasteiger partial charge in [0.2, 0.25) is 15.9 Å². The van der Waals surface area contributed by atoms with Crippen LogP contribution in [-0.2, 0) is 26.1 Å². The van der Waals surface area contributed by atoms with Crippen molar-refractivity contribution in [2.24, 2.45) is 0 Å². The Balaban J connectivity index is 1.61. The van der Waals surface area contributed by atoms with E-state index in [9.17, 15) is 18.0 Å². The number of rotatable bonds is 9. The molecule has 9 heteroatoms. The van der Waals surface area contributed by atoms with Crippen LogP contribution >= 0.6 is 0 Å². The van der Waals surface area contributed by atoms with Gasteiger partial charge in [0.15, 0.2) is 0 Å². The number of esters is 1. The Morgan fingerprint density at radius 2 is 1.64 bits per heavy atom. The monoisotopic (exact) mass is 473 g/mol. The second-order valence-corrected chi connectivity index (χ2v) is 10.0. The number of nitrogens with one attached hydrogen (secondary N) is 1. The molecule has 0 bridgehead atoms. The molecule has 0 aliphatic carbocycles. The molecule has 2 aromatic carbocycles.